The smallest absolute Gasteiger partial charge is 0.0423 e. The van der Waals surface area contributed by atoms with Crippen LogP contribution in [0.15, 0.2) is 141 Å². The van der Waals surface area contributed by atoms with E-state index in [1.807, 2.05) is 72.8 Å². The summed E-state index contributed by atoms with van der Waals surface area (Å²) < 4.78 is 0. The first-order valence-corrected chi connectivity index (χ1v) is 13.8. The minimum absolute atomic E-state index is 0.588. The maximum absolute atomic E-state index is 6.53. The molecule has 0 fully saturated rings. The molecular weight excluding hydrogens is 512 g/mol. The Labute approximate surface area is 248 Å². The van der Waals surface area contributed by atoms with Gasteiger partial charge in [0.1, 0.15) is 0 Å². The molecule has 0 saturated heterocycles. The van der Waals surface area contributed by atoms with Crippen molar-refractivity contribution in [1.29, 1.82) is 0 Å². The van der Waals surface area contributed by atoms with Gasteiger partial charge in [-0.15, -0.1) is 0 Å². The number of nitrogen functional groups attached to an aromatic ring is 4. The topological polar surface area (TPSA) is 104 Å². The van der Waals surface area contributed by atoms with Gasteiger partial charge < -0.3 is 22.9 Å². The number of rotatable bonds is 8. The standard InChI is InChI=1S/C38H36N4/c1-4-5-10-25(2)26-15-17-27(18-16-26)38(3,28-19-21-36(41)32(23-28)30-11-6-8-13-34(30)39)29-20-22-37(42)33(24-29)31-12-7-9-14-35(31)40/h4-24H,1-2,39-42H2,3H3/b10-5-. The zero-order valence-corrected chi connectivity index (χ0v) is 23.8. The van der Waals surface area contributed by atoms with Crippen LogP contribution in [0.4, 0.5) is 22.7 Å². The fourth-order valence-corrected chi connectivity index (χ4v) is 5.48. The van der Waals surface area contributed by atoms with Crippen LogP contribution in [0.3, 0.4) is 0 Å². The largest absolute Gasteiger partial charge is 0.398 e. The summed E-state index contributed by atoms with van der Waals surface area (Å²) in [7, 11) is 0. The van der Waals surface area contributed by atoms with Crippen LogP contribution in [-0.2, 0) is 5.41 Å². The fourth-order valence-electron chi connectivity index (χ4n) is 5.48. The van der Waals surface area contributed by atoms with Gasteiger partial charge in [-0.3, -0.25) is 0 Å². The Bertz CT molecular complexity index is 1720. The third kappa shape index (κ3) is 5.18. The molecule has 0 aliphatic carbocycles. The average molecular weight is 549 g/mol. The third-order valence-electron chi connectivity index (χ3n) is 8.03. The van der Waals surface area contributed by atoms with E-state index >= 15 is 0 Å². The van der Waals surface area contributed by atoms with E-state index in [1.54, 1.807) is 6.08 Å². The van der Waals surface area contributed by atoms with E-state index in [0.717, 1.165) is 50.1 Å². The van der Waals surface area contributed by atoms with Gasteiger partial charge in [-0.25, -0.2) is 0 Å². The van der Waals surface area contributed by atoms with E-state index in [0.29, 0.717) is 22.7 Å². The highest BCUT2D eigenvalue weighted by molar-refractivity contribution is 5.87. The molecule has 5 aromatic rings. The number of hydrogen-bond donors (Lipinski definition) is 4. The van der Waals surface area contributed by atoms with Crippen molar-refractivity contribution in [3.05, 3.63) is 163 Å². The molecule has 0 spiro atoms. The summed E-state index contributed by atoms with van der Waals surface area (Å²) in [6.07, 6.45) is 5.58. The van der Waals surface area contributed by atoms with Gasteiger partial charge in [0.05, 0.1) is 0 Å². The second-order valence-electron chi connectivity index (χ2n) is 10.6. The predicted molar refractivity (Wildman–Crippen MR) is 182 cm³/mol. The van der Waals surface area contributed by atoms with E-state index in [1.165, 1.54) is 0 Å². The fraction of sp³-hybridized carbons (Fsp3) is 0.0526. The quantitative estimate of drug-likeness (QED) is 0.0887. The molecule has 8 N–H and O–H groups in total. The van der Waals surface area contributed by atoms with Gasteiger partial charge in [0.25, 0.3) is 0 Å². The molecule has 0 bridgehead atoms. The van der Waals surface area contributed by atoms with E-state index in [-0.39, 0.29) is 0 Å². The molecule has 0 saturated carbocycles. The van der Waals surface area contributed by atoms with Gasteiger partial charge in [0, 0.05) is 50.4 Å². The zero-order chi connectivity index (χ0) is 29.9. The van der Waals surface area contributed by atoms with Crippen molar-refractivity contribution >= 4 is 28.3 Å². The third-order valence-corrected chi connectivity index (χ3v) is 8.03. The molecule has 0 amide bonds. The maximum Gasteiger partial charge on any atom is 0.0423 e. The lowest BCUT2D eigenvalue weighted by Gasteiger charge is -2.33. The number of para-hydroxylation sites is 2. The van der Waals surface area contributed by atoms with Crippen LogP contribution in [0.1, 0.15) is 29.2 Å². The normalized spacial score (nSPS) is 11.5. The second kappa shape index (κ2) is 11.6. The molecule has 4 heteroatoms. The first kappa shape index (κ1) is 28.1. The Morgan fingerprint density at radius 1 is 0.571 bits per heavy atom. The highest BCUT2D eigenvalue weighted by Gasteiger charge is 2.33. The summed E-state index contributed by atoms with van der Waals surface area (Å²) in [5, 5.41) is 0. The first-order chi connectivity index (χ1) is 20.2. The number of nitrogens with two attached hydrogens (primary N) is 4. The monoisotopic (exact) mass is 548 g/mol. The lowest BCUT2D eigenvalue weighted by molar-refractivity contribution is 0.693. The van der Waals surface area contributed by atoms with Crippen molar-refractivity contribution in [2.45, 2.75) is 12.3 Å². The van der Waals surface area contributed by atoms with Crippen LogP contribution >= 0.6 is 0 Å². The Hall–Kier alpha value is -5.48. The van der Waals surface area contributed by atoms with Gasteiger partial charge in [-0.2, -0.15) is 0 Å². The van der Waals surface area contributed by atoms with E-state index in [2.05, 4.69) is 68.6 Å². The van der Waals surface area contributed by atoms with E-state index < -0.39 is 5.41 Å². The van der Waals surface area contributed by atoms with Crippen LogP contribution in [0.2, 0.25) is 0 Å². The Kier molecular flexibility index (Phi) is 7.72. The van der Waals surface area contributed by atoms with Gasteiger partial charge in [0.2, 0.25) is 0 Å². The molecular formula is C38H36N4. The van der Waals surface area contributed by atoms with Crippen molar-refractivity contribution in [2.75, 3.05) is 22.9 Å². The maximum atomic E-state index is 6.53. The number of allylic oxidation sites excluding steroid dienone is 4. The zero-order valence-electron chi connectivity index (χ0n) is 23.8. The first-order valence-electron chi connectivity index (χ1n) is 13.8. The summed E-state index contributed by atoms with van der Waals surface area (Å²) in [5.74, 6) is 0. The second-order valence-corrected chi connectivity index (χ2v) is 10.6. The Morgan fingerprint density at radius 2 is 1.00 bits per heavy atom. The van der Waals surface area contributed by atoms with Crippen molar-refractivity contribution in [3.8, 4) is 22.3 Å². The number of hydrogen-bond acceptors (Lipinski definition) is 4. The molecule has 42 heavy (non-hydrogen) atoms. The predicted octanol–water partition coefficient (Wildman–Crippen LogP) is 8.46. The molecule has 208 valence electrons. The lowest BCUT2D eigenvalue weighted by atomic mass is 9.69. The van der Waals surface area contributed by atoms with Crippen molar-refractivity contribution in [2.24, 2.45) is 0 Å². The molecule has 0 heterocycles. The molecule has 5 aromatic carbocycles. The Morgan fingerprint density at radius 3 is 1.45 bits per heavy atom. The van der Waals surface area contributed by atoms with Crippen molar-refractivity contribution in [1.82, 2.24) is 0 Å². The van der Waals surface area contributed by atoms with Gasteiger partial charge >= 0.3 is 0 Å². The van der Waals surface area contributed by atoms with Crippen LogP contribution < -0.4 is 22.9 Å². The van der Waals surface area contributed by atoms with E-state index in [9.17, 15) is 0 Å². The van der Waals surface area contributed by atoms with Gasteiger partial charge in [-0.05, 0) is 71.1 Å². The van der Waals surface area contributed by atoms with Crippen LogP contribution in [0.25, 0.3) is 27.8 Å². The van der Waals surface area contributed by atoms with Crippen LogP contribution in [-0.4, -0.2) is 0 Å². The van der Waals surface area contributed by atoms with E-state index in [4.69, 9.17) is 22.9 Å². The number of benzene rings is 5. The van der Waals surface area contributed by atoms with Gasteiger partial charge in [-0.1, -0.05) is 104 Å². The molecule has 0 unspecified atom stereocenters. The molecule has 5 rings (SSSR count). The summed E-state index contributed by atoms with van der Waals surface area (Å²) in [4.78, 5) is 0. The Balaban J connectivity index is 1.74. The van der Waals surface area contributed by atoms with Crippen molar-refractivity contribution in [3.63, 3.8) is 0 Å². The summed E-state index contributed by atoms with van der Waals surface area (Å²) >= 11 is 0. The van der Waals surface area contributed by atoms with Crippen LogP contribution in [0, 0.1) is 0 Å². The average Bonchev–Trinajstić information content (AvgIpc) is 3.01. The minimum atomic E-state index is -0.588. The van der Waals surface area contributed by atoms with Gasteiger partial charge in [0.15, 0.2) is 0 Å². The molecule has 0 aromatic heterocycles. The molecule has 0 aliphatic heterocycles. The summed E-state index contributed by atoms with van der Waals surface area (Å²) in [6, 6.07) is 36.5. The summed E-state index contributed by atoms with van der Waals surface area (Å²) in [5.41, 5.74) is 36.7. The lowest BCUT2D eigenvalue weighted by Crippen LogP contribution is -2.26. The molecule has 0 aliphatic rings. The van der Waals surface area contributed by atoms with Crippen molar-refractivity contribution < 1.29 is 0 Å². The SMILES string of the molecule is C=C/C=C\C(=C)c1ccc(C(C)(c2ccc(N)c(-c3ccccc3N)c2)c2ccc(N)c(-c3ccccc3N)c2)cc1. The molecule has 4 nitrogen and oxygen atoms in total. The molecule has 0 atom stereocenters. The minimum Gasteiger partial charge on any atom is -0.398 e. The number of anilines is 4. The molecule has 0 radical (unpaired) electrons. The van der Waals surface area contributed by atoms with Crippen LogP contribution in [0.5, 0.6) is 0 Å². The summed E-state index contributed by atoms with van der Waals surface area (Å²) in [6.45, 7) is 10.2. The highest BCUT2D eigenvalue weighted by Crippen LogP contribution is 2.44. The highest BCUT2D eigenvalue weighted by atomic mass is 14.6.